The van der Waals surface area contributed by atoms with Crippen LogP contribution in [0.25, 0.3) is 0 Å². The molecule has 5 nitrogen and oxygen atoms in total. The minimum absolute atomic E-state index is 0.128. The van der Waals surface area contributed by atoms with Gasteiger partial charge in [-0.1, -0.05) is 23.5 Å². The predicted octanol–water partition coefficient (Wildman–Crippen LogP) is 2.76. The van der Waals surface area contributed by atoms with Gasteiger partial charge in [-0.15, -0.1) is 0 Å². The first-order chi connectivity index (χ1) is 8.88. The molecule has 0 amide bonds. The maximum absolute atomic E-state index is 12.1. The molecule has 0 bridgehead atoms. The van der Waals surface area contributed by atoms with Crippen LogP contribution in [0.4, 0.5) is 5.13 Å². The molecule has 2 rings (SSSR count). The number of nitrogens with zero attached hydrogens (tertiary/aromatic N) is 1. The highest BCUT2D eigenvalue weighted by Crippen LogP contribution is 2.25. The summed E-state index contributed by atoms with van der Waals surface area (Å²) in [6, 6.07) is 6.06. The van der Waals surface area contributed by atoms with E-state index in [0.29, 0.717) is 10.7 Å². The summed E-state index contributed by atoms with van der Waals surface area (Å²) in [5.41, 5.74) is 0.663. The van der Waals surface area contributed by atoms with E-state index in [2.05, 4.69) is 25.6 Å². The summed E-state index contributed by atoms with van der Waals surface area (Å²) >= 11 is 4.41. The van der Waals surface area contributed by atoms with Gasteiger partial charge in [0.2, 0.25) is 0 Å². The number of benzene rings is 1. The molecule has 0 aliphatic heterocycles. The van der Waals surface area contributed by atoms with E-state index in [1.54, 1.807) is 19.1 Å². The van der Waals surface area contributed by atoms with Crippen LogP contribution in [0.1, 0.15) is 18.6 Å². The molecule has 1 heterocycles. The Bertz CT molecular complexity index is 666. The van der Waals surface area contributed by atoms with E-state index >= 15 is 0 Å². The molecule has 0 saturated carbocycles. The molecule has 8 heteroatoms. The van der Waals surface area contributed by atoms with E-state index in [-0.39, 0.29) is 4.90 Å². The number of hydrogen-bond donors (Lipinski definition) is 2. The van der Waals surface area contributed by atoms with Gasteiger partial charge in [-0.25, -0.2) is 13.4 Å². The van der Waals surface area contributed by atoms with Crippen LogP contribution in [0.15, 0.2) is 39.1 Å². The fraction of sp³-hybridized carbons (Fsp3) is 0.182. The van der Waals surface area contributed by atoms with Crippen LogP contribution < -0.4 is 4.72 Å². The molecule has 1 aromatic heterocycles. The standard InChI is InChI=1S/C11H11BrN2O3S2/c1-7(15)8-2-4-9(5-3-8)19(16,17)14-11-13-6-10(12)18-11/h2-7,15H,1H3,(H,13,14). The SMILES string of the molecule is CC(O)c1ccc(S(=O)(=O)Nc2ncc(Br)s2)cc1. The molecule has 0 aliphatic rings. The fourth-order valence-corrected chi connectivity index (χ4v) is 3.75. The lowest BCUT2D eigenvalue weighted by atomic mass is 10.1. The number of anilines is 1. The Hall–Kier alpha value is -0.960. The molecule has 0 saturated heterocycles. The third kappa shape index (κ3) is 3.53. The molecule has 2 N–H and O–H groups in total. The van der Waals surface area contributed by atoms with Crippen molar-refractivity contribution in [3.05, 3.63) is 39.8 Å². The summed E-state index contributed by atoms with van der Waals surface area (Å²) in [7, 11) is -3.65. The first-order valence-corrected chi connectivity index (χ1v) is 8.40. The van der Waals surface area contributed by atoms with Crippen molar-refractivity contribution in [3.8, 4) is 0 Å². The van der Waals surface area contributed by atoms with Gasteiger partial charge in [0.05, 0.1) is 21.0 Å². The van der Waals surface area contributed by atoms with E-state index in [1.165, 1.54) is 29.7 Å². The Morgan fingerprint density at radius 1 is 1.37 bits per heavy atom. The number of aliphatic hydroxyl groups is 1. The Balaban J connectivity index is 2.24. The highest BCUT2D eigenvalue weighted by molar-refractivity contribution is 9.11. The quantitative estimate of drug-likeness (QED) is 0.876. The van der Waals surface area contributed by atoms with Crippen molar-refractivity contribution in [2.45, 2.75) is 17.9 Å². The molecule has 0 aliphatic carbocycles. The Labute approximate surface area is 123 Å². The van der Waals surface area contributed by atoms with Gasteiger partial charge in [0.1, 0.15) is 0 Å². The Kier molecular flexibility index (Phi) is 4.24. The first-order valence-electron chi connectivity index (χ1n) is 5.30. The highest BCUT2D eigenvalue weighted by Gasteiger charge is 2.16. The van der Waals surface area contributed by atoms with E-state index in [9.17, 15) is 13.5 Å². The van der Waals surface area contributed by atoms with Crippen LogP contribution in [0.2, 0.25) is 0 Å². The number of rotatable bonds is 4. The van der Waals surface area contributed by atoms with Crippen molar-refractivity contribution in [2.75, 3.05) is 4.72 Å². The first kappa shape index (κ1) is 14.4. The lowest BCUT2D eigenvalue weighted by Gasteiger charge is -2.07. The van der Waals surface area contributed by atoms with Gasteiger partial charge in [-0.3, -0.25) is 4.72 Å². The fourth-order valence-electron chi connectivity index (χ4n) is 1.40. The molecule has 0 spiro atoms. The van der Waals surface area contributed by atoms with E-state index in [4.69, 9.17) is 0 Å². The Morgan fingerprint density at radius 2 is 2.00 bits per heavy atom. The Morgan fingerprint density at radius 3 is 2.47 bits per heavy atom. The second kappa shape index (κ2) is 5.58. The number of nitrogens with one attached hydrogen (secondary N) is 1. The zero-order chi connectivity index (χ0) is 14.0. The second-order valence-corrected chi connectivity index (χ2v) is 7.91. The average molecular weight is 363 g/mol. The summed E-state index contributed by atoms with van der Waals surface area (Å²) in [5, 5.41) is 9.67. The molecular weight excluding hydrogens is 352 g/mol. The predicted molar refractivity (Wildman–Crippen MR) is 77.7 cm³/mol. The van der Waals surface area contributed by atoms with Gasteiger partial charge < -0.3 is 5.11 Å². The van der Waals surface area contributed by atoms with Gasteiger partial charge in [0.25, 0.3) is 10.0 Å². The van der Waals surface area contributed by atoms with Gasteiger partial charge in [-0.05, 0) is 40.5 Å². The second-order valence-electron chi connectivity index (χ2n) is 3.82. The van der Waals surface area contributed by atoms with E-state index in [0.717, 1.165) is 3.79 Å². The number of sulfonamides is 1. The topological polar surface area (TPSA) is 79.3 Å². The van der Waals surface area contributed by atoms with Gasteiger partial charge in [0, 0.05) is 0 Å². The van der Waals surface area contributed by atoms with Crippen molar-refractivity contribution in [1.29, 1.82) is 0 Å². The normalized spacial score (nSPS) is 13.2. The van der Waals surface area contributed by atoms with Crippen molar-refractivity contribution in [3.63, 3.8) is 0 Å². The van der Waals surface area contributed by atoms with Gasteiger partial charge in [0.15, 0.2) is 5.13 Å². The lowest BCUT2D eigenvalue weighted by Crippen LogP contribution is -2.12. The minimum atomic E-state index is -3.65. The molecule has 1 aromatic carbocycles. The van der Waals surface area contributed by atoms with E-state index in [1.807, 2.05) is 0 Å². The minimum Gasteiger partial charge on any atom is -0.389 e. The largest absolute Gasteiger partial charge is 0.389 e. The van der Waals surface area contributed by atoms with Crippen LogP contribution in [0.3, 0.4) is 0 Å². The van der Waals surface area contributed by atoms with Crippen molar-refractivity contribution >= 4 is 42.4 Å². The average Bonchev–Trinajstić information content (AvgIpc) is 2.74. The summed E-state index contributed by atoms with van der Waals surface area (Å²) in [6.07, 6.45) is 0.902. The summed E-state index contributed by atoms with van der Waals surface area (Å²) < 4.78 is 27.3. The number of hydrogen-bond acceptors (Lipinski definition) is 5. The van der Waals surface area contributed by atoms with Crippen LogP contribution in [-0.4, -0.2) is 18.5 Å². The van der Waals surface area contributed by atoms with Crippen LogP contribution in [0, 0.1) is 0 Å². The summed E-state index contributed by atoms with van der Waals surface area (Å²) in [4.78, 5) is 4.04. The van der Waals surface area contributed by atoms with Crippen molar-refractivity contribution in [1.82, 2.24) is 4.98 Å². The molecule has 0 fully saturated rings. The summed E-state index contributed by atoms with van der Waals surface area (Å²) in [6.45, 7) is 1.62. The molecule has 1 unspecified atom stereocenters. The molecule has 0 radical (unpaired) electrons. The maximum atomic E-state index is 12.1. The van der Waals surface area contributed by atoms with Crippen molar-refractivity contribution in [2.24, 2.45) is 0 Å². The molecule has 2 aromatic rings. The third-order valence-corrected chi connectivity index (χ3v) is 5.25. The lowest BCUT2D eigenvalue weighted by molar-refractivity contribution is 0.199. The molecular formula is C11H11BrN2O3S2. The highest BCUT2D eigenvalue weighted by atomic mass is 79.9. The number of halogens is 1. The monoisotopic (exact) mass is 362 g/mol. The molecule has 102 valence electrons. The molecule has 1 atom stereocenters. The third-order valence-electron chi connectivity index (χ3n) is 2.37. The zero-order valence-corrected chi connectivity index (χ0v) is 13.1. The number of aromatic nitrogens is 1. The van der Waals surface area contributed by atoms with E-state index < -0.39 is 16.1 Å². The summed E-state index contributed by atoms with van der Waals surface area (Å²) in [5.74, 6) is 0. The van der Waals surface area contributed by atoms with Gasteiger partial charge >= 0.3 is 0 Å². The maximum Gasteiger partial charge on any atom is 0.263 e. The zero-order valence-electron chi connectivity index (χ0n) is 9.87. The van der Waals surface area contributed by atoms with Gasteiger partial charge in [-0.2, -0.15) is 0 Å². The van der Waals surface area contributed by atoms with Crippen LogP contribution in [-0.2, 0) is 10.0 Å². The smallest absolute Gasteiger partial charge is 0.263 e. The van der Waals surface area contributed by atoms with Crippen LogP contribution in [0.5, 0.6) is 0 Å². The molecule has 19 heavy (non-hydrogen) atoms. The van der Waals surface area contributed by atoms with Crippen LogP contribution >= 0.6 is 27.3 Å². The number of thiazole rings is 1. The van der Waals surface area contributed by atoms with Crippen molar-refractivity contribution < 1.29 is 13.5 Å². The number of aliphatic hydroxyl groups excluding tert-OH is 1.